The van der Waals surface area contributed by atoms with Crippen LogP contribution in [0.3, 0.4) is 0 Å². The van der Waals surface area contributed by atoms with Gasteiger partial charge in [0, 0.05) is 0 Å². The lowest BCUT2D eigenvalue weighted by Gasteiger charge is -2.22. The zero-order valence-electron chi connectivity index (χ0n) is 35.6. The van der Waals surface area contributed by atoms with Crippen molar-refractivity contribution >= 4 is 0 Å². The van der Waals surface area contributed by atoms with Crippen LogP contribution in [0.2, 0.25) is 0 Å². The van der Waals surface area contributed by atoms with Gasteiger partial charge in [-0.3, -0.25) is 0 Å². The molecule has 0 N–H and O–H groups in total. The number of rotatable bonds is 43. The summed E-state index contributed by atoms with van der Waals surface area (Å²) in [6, 6.07) is 0. The Kier molecular flexibility index (Phi) is 42.3. The Morgan fingerprint density at radius 3 is 0.633 bits per heavy atom. The van der Waals surface area contributed by atoms with Gasteiger partial charge in [0.25, 0.3) is 0 Å². The number of hydrogen-bond donors (Lipinski definition) is 0. The fourth-order valence-electron chi connectivity index (χ4n) is 7.82. The monoisotopic (exact) mass is 690 g/mol. The van der Waals surface area contributed by atoms with Crippen molar-refractivity contribution in [3.05, 3.63) is 0 Å². The van der Waals surface area contributed by atoms with Gasteiger partial charge in [-0.25, -0.2) is 0 Å². The number of nitrogens with zero attached hydrogens (tertiary/aromatic N) is 1. The molecule has 0 amide bonds. The van der Waals surface area contributed by atoms with Crippen molar-refractivity contribution in [2.24, 2.45) is 11.8 Å². The van der Waals surface area contributed by atoms with Gasteiger partial charge in [0.1, 0.15) is 0 Å². The molecule has 0 aromatic heterocycles. The molecule has 0 unspecified atom stereocenters. The minimum absolute atomic E-state index is 0.890. The number of hydrogen-bond acceptors (Lipinski definition) is 1. The van der Waals surface area contributed by atoms with E-state index in [4.69, 9.17) is 0 Å². The lowest BCUT2D eigenvalue weighted by Crippen LogP contribution is -2.27. The molecule has 0 bridgehead atoms. The largest absolute Gasteiger partial charge is 0.303 e. The van der Waals surface area contributed by atoms with Crippen LogP contribution in [-0.2, 0) is 0 Å². The van der Waals surface area contributed by atoms with Gasteiger partial charge in [0.2, 0.25) is 0 Å². The highest BCUT2D eigenvalue weighted by Gasteiger charge is 2.06. The van der Waals surface area contributed by atoms with Crippen molar-refractivity contribution in [1.82, 2.24) is 4.90 Å². The van der Waals surface area contributed by atoms with Crippen LogP contribution in [0, 0.1) is 11.8 Å². The molecule has 0 saturated heterocycles. The average Bonchev–Trinajstić information content (AvgIpc) is 3.08. The van der Waals surface area contributed by atoms with E-state index in [2.05, 4.69) is 39.5 Å². The molecular weight excluding hydrogens is 591 g/mol. The summed E-state index contributed by atoms with van der Waals surface area (Å²) in [4.78, 5) is 2.87. The summed E-state index contributed by atoms with van der Waals surface area (Å²) in [7, 11) is 0. The van der Waals surface area contributed by atoms with Crippen LogP contribution in [0.5, 0.6) is 0 Å². The maximum atomic E-state index is 2.87. The van der Waals surface area contributed by atoms with Crippen LogP contribution < -0.4 is 0 Å². The molecule has 0 saturated carbocycles. The van der Waals surface area contributed by atoms with Gasteiger partial charge in [0.05, 0.1) is 0 Å². The number of unbranched alkanes of at least 4 members (excludes halogenated alkanes) is 33. The lowest BCUT2D eigenvalue weighted by molar-refractivity contribution is 0.254. The first-order valence-corrected chi connectivity index (χ1v) is 23.8. The predicted octanol–water partition coefficient (Wildman–Crippen LogP) is 17.4. The minimum Gasteiger partial charge on any atom is -0.303 e. The van der Waals surface area contributed by atoms with Crippen molar-refractivity contribution in [3.63, 3.8) is 0 Å². The summed E-state index contributed by atoms with van der Waals surface area (Å²) in [6.45, 7) is 15.9. The zero-order valence-corrected chi connectivity index (χ0v) is 35.6. The molecule has 1 nitrogen and oxygen atoms in total. The molecule has 49 heavy (non-hydrogen) atoms. The molecule has 0 spiro atoms. The van der Waals surface area contributed by atoms with Gasteiger partial charge in [-0.05, 0) is 50.7 Å². The quantitative estimate of drug-likeness (QED) is 0.0576. The smallest absolute Gasteiger partial charge is 0.00187 e. The first-order valence-electron chi connectivity index (χ1n) is 23.8. The van der Waals surface area contributed by atoms with Gasteiger partial charge in [0.15, 0.2) is 0 Å². The van der Waals surface area contributed by atoms with E-state index in [1.165, 1.54) is 264 Å². The summed E-state index contributed by atoms with van der Waals surface area (Å²) in [5.74, 6) is 1.78. The SMILES string of the molecule is CCCCCCCCCCCCN(CCCCCCCCCCCCCCCC(C)C)CCCCCCCCCCCCCCCC(C)C. The van der Waals surface area contributed by atoms with E-state index in [1.54, 1.807) is 0 Å². The Hall–Kier alpha value is -0.0400. The third-order valence-electron chi connectivity index (χ3n) is 11.3. The summed E-state index contributed by atoms with van der Waals surface area (Å²) in [5, 5.41) is 0. The van der Waals surface area contributed by atoms with E-state index in [9.17, 15) is 0 Å². The van der Waals surface area contributed by atoms with Crippen LogP contribution >= 0.6 is 0 Å². The van der Waals surface area contributed by atoms with Gasteiger partial charge in [-0.2, -0.15) is 0 Å². The van der Waals surface area contributed by atoms with Crippen LogP contribution in [0.1, 0.15) is 279 Å². The highest BCUT2D eigenvalue weighted by Crippen LogP contribution is 2.17. The summed E-state index contributed by atoms with van der Waals surface area (Å²) < 4.78 is 0. The molecule has 0 fully saturated rings. The van der Waals surface area contributed by atoms with Crippen molar-refractivity contribution < 1.29 is 0 Å². The third-order valence-corrected chi connectivity index (χ3v) is 11.3. The van der Waals surface area contributed by atoms with E-state index in [0.29, 0.717) is 0 Å². The minimum atomic E-state index is 0.890. The lowest BCUT2D eigenvalue weighted by atomic mass is 10.0. The van der Waals surface area contributed by atoms with Crippen molar-refractivity contribution in [2.45, 2.75) is 279 Å². The molecule has 0 radical (unpaired) electrons. The molecule has 0 aromatic rings. The molecule has 0 aliphatic carbocycles. The molecule has 0 heterocycles. The second kappa shape index (κ2) is 42.4. The summed E-state index contributed by atoms with van der Waals surface area (Å²) in [5.41, 5.74) is 0. The van der Waals surface area contributed by atoms with Crippen molar-refractivity contribution in [2.75, 3.05) is 19.6 Å². The third kappa shape index (κ3) is 44.0. The maximum absolute atomic E-state index is 2.87. The molecule has 0 atom stereocenters. The molecule has 0 aliphatic heterocycles. The van der Waals surface area contributed by atoms with Crippen LogP contribution in [-0.4, -0.2) is 24.5 Å². The first kappa shape index (κ1) is 49.0. The molecule has 1 heteroatoms. The molecule has 0 aromatic carbocycles. The van der Waals surface area contributed by atoms with Gasteiger partial charge in [-0.1, -0.05) is 259 Å². The van der Waals surface area contributed by atoms with Crippen molar-refractivity contribution in [1.29, 1.82) is 0 Å². The summed E-state index contributed by atoms with van der Waals surface area (Å²) in [6.07, 6.45) is 55.7. The Morgan fingerprint density at radius 1 is 0.245 bits per heavy atom. The van der Waals surface area contributed by atoms with E-state index < -0.39 is 0 Å². The molecular formula is C48H99N. The van der Waals surface area contributed by atoms with E-state index in [-0.39, 0.29) is 0 Å². The van der Waals surface area contributed by atoms with Gasteiger partial charge in [-0.15, -0.1) is 0 Å². The Labute approximate surface area is 314 Å². The topological polar surface area (TPSA) is 3.24 Å². The van der Waals surface area contributed by atoms with Crippen LogP contribution in [0.4, 0.5) is 0 Å². The standard InChI is InChI=1S/C48H99N/c1-6-7-8-9-10-11-24-29-34-39-44-49(45-40-35-30-25-20-16-12-14-18-22-27-32-37-42-47(2)3)46-41-36-31-26-21-17-13-15-19-23-28-33-38-43-48(4)5/h47-48H,6-46H2,1-5H3. The molecule has 0 rings (SSSR count). The zero-order chi connectivity index (χ0) is 35.7. The highest BCUT2D eigenvalue weighted by atomic mass is 15.1. The van der Waals surface area contributed by atoms with Gasteiger partial charge >= 0.3 is 0 Å². The molecule has 296 valence electrons. The van der Waals surface area contributed by atoms with E-state index in [1.807, 2.05) is 0 Å². The van der Waals surface area contributed by atoms with Crippen LogP contribution in [0.25, 0.3) is 0 Å². The van der Waals surface area contributed by atoms with Crippen LogP contribution in [0.15, 0.2) is 0 Å². The highest BCUT2D eigenvalue weighted by molar-refractivity contribution is 4.61. The molecule has 0 aliphatic rings. The Bertz CT molecular complexity index is 529. The predicted molar refractivity (Wildman–Crippen MR) is 227 cm³/mol. The average molecular weight is 690 g/mol. The first-order chi connectivity index (χ1) is 24.1. The fraction of sp³-hybridized carbons (Fsp3) is 1.00. The fourth-order valence-corrected chi connectivity index (χ4v) is 7.82. The second-order valence-corrected chi connectivity index (χ2v) is 17.6. The van der Waals surface area contributed by atoms with Crippen molar-refractivity contribution in [3.8, 4) is 0 Å². The maximum Gasteiger partial charge on any atom is -0.00187 e. The second-order valence-electron chi connectivity index (χ2n) is 17.6. The van der Waals surface area contributed by atoms with E-state index in [0.717, 1.165) is 11.8 Å². The Balaban J connectivity index is 3.89. The van der Waals surface area contributed by atoms with Gasteiger partial charge < -0.3 is 4.90 Å². The summed E-state index contributed by atoms with van der Waals surface area (Å²) >= 11 is 0. The Morgan fingerprint density at radius 2 is 0.429 bits per heavy atom. The normalized spacial score (nSPS) is 12.0. The van der Waals surface area contributed by atoms with E-state index >= 15 is 0 Å².